The van der Waals surface area contributed by atoms with E-state index in [1.54, 1.807) is 0 Å². The first-order valence-corrected chi connectivity index (χ1v) is 6.86. The molecule has 6 heteroatoms. The van der Waals surface area contributed by atoms with Crippen LogP contribution in [0.25, 0.3) is 0 Å². The number of aromatic nitrogens is 2. The third-order valence-electron chi connectivity index (χ3n) is 3.41. The number of carbonyl (C=O) groups is 1. The highest BCUT2D eigenvalue weighted by atomic mass is 32.1. The topological polar surface area (TPSA) is 66.3 Å². The van der Waals surface area contributed by atoms with Crippen molar-refractivity contribution < 1.29 is 9.90 Å². The summed E-state index contributed by atoms with van der Waals surface area (Å²) in [6, 6.07) is -0.413. The first-order chi connectivity index (χ1) is 8.25. The monoisotopic (exact) mass is 253 g/mol. The van der Waals surface area contributed by atoms with E-state index >= 15 is 0 Å². The van der Waals surface area contributed by atoms with Gasteiger partial charge in [0.1, 0.15) is 11.9 Å². The number of aliphatic carboxylic acids is 1. The predicted octanol–water partition coefficient (Wildman–Crippen LogP) is 1.86. The van der Waals surface area contributed by atoms with Gasteiger partial charge in [-0.3, -0.25) is 0 Å². The summed E-state index contributed by atoms with van der Waals surface area (Å²) in [6.07, 6.45) is 5.11. The van der Waals surface area contributed by atoms with Crippen molar-refractivity contribution in [3.63, 3.8) is 0 Å². The quantitative estimate of drug-likeness (QED) is 0.890. The molecule has 1 unspecified atom stereocenters. The minimum Gasteiger partial charge on any atom is -0.480 e. The van der Waals surface area contributed by atoms with Crippen molar-refractivity contribution in [2.75, 3.05) is 11.4 Å². The van der Waals surface area contributed by atoms with Crippen molar-refractivity contribution in [2.45, 2.75) is 44.1 Å². The molecule has 2 heterocycles. The Hall–Kier alpha value is -1.17. The Balaban J connectivity index is 1.81. The molecule has 1 atom stereocenters. The lowest BCUT2D eigenvalue weighted by Gasteiger charge is -2.32. The molecule has 1 N–H and O–H groups in total. The second-order valence-electron chi connectivity index (χ2n) is 4.75. The zero-order chi connectivity index (χ0) is 11.8. The van der Waals surface area contributed by atoms with Gasteiger partial charge in [-0.1, -0.05) is 0 Å². The van der Waals surface area contributed by atoms with Crippen molar-refractivity contribution in [3.05, 3.63) is 5.82 Å². The molecule has 1 aliphatic carbocycles. The van der Waals surface area contributed by atoms with Gasteiger partial charge in [-0.2, -0.15) is 4.37 Å². The average molecular weight is 253 g/mol. The zero-order valence-electron chi connectivity index (χ0n) is 9.50. The molecule has 2 aliphatic rings. The molecular weight excluding hydrogens is 238 g/mol. The maximum Gasteiger partial charge on any atom is 0.326 e. The van der Waals surface area contributed by atoms with Crippen molar-refractivity contribution in [1.82, 2.24) is 9.36 Å². The van der Waals surface area contributed by atoms with E-state index in [1.165, 1.54) is 24.4 Å². The van der Waals surface area contributed by atoms with Gasteiger partial charge < -0.3 is 10.0 Å². The molecule has 1 saturated heterocycles. The maximum absolute atomic E-state index is 11.2. The molecule has 17 heavy (non-hydrogen) atoms. The van der Waals surface area contributed by atoms with Crippen LogP contribution in [0.5, 0.6) is 0 Å². The molecule has 0 radical (unpaired) electrons. The number of anilines is 1. The molecular formula is C11H15N3O2S. The summed E-state index contributed by atoms with van der Waals surface area (Å²) in [5.41, 5.74) is 0. The van der Waals surface area contributed by atoms with Crippen molar-refractivity contribution >= 4 is 22.6 Å². The normalized spacial score (nSPS) is 24.9. The van der Waals surface area contributed by atoms with Crippen molar-refractivity contribution in [1.29, 1.82) is 0 Å². The molecule has 1 aromatic rings. The van der Waals surface area contributed by atoms with Gasteiger partial charge in [0, 0.05) is 24.0 Å². The molecule has 1 aromatic heterocycles. The van der Waals surface area contributed by atoms with Gasteiger partial charge in [-0.25, -0.2) is 9.78 Å². The van der Waals surface area contributed by atoms with Crippen LogP contribution in [-0.2, 0) is 4.79 Å². The fraction of sp³-hybridized carbons (Fsp3) is 0.727. The maximum atomic E-state index is 11.2. The lowest BCUT2D eigenvalue weighted by Crippen LogP contribution is -2.44. The summed E-state index contributed by atoms with van der Waals surface area (Å²) in [5, 5.41) is 10.0. The van der Waals surface area contributed by atoms with E-state index in [-0.39, 0.29) is 0 Å². The van der Waals surface area contributed by atoms with Gasteiger partial charge in [-0.15, -0.1) is 0 Å². The van der Waals surface area contributed by atoms with Gasteiger partial charge in [0.05, 0.1) is 0 Å². The van der Waals surface area contributed by atoms with Crippen LogP contribution >= 0.6 is 11.5 Å². The second kappa shape index (κ2) is 4.25. The van der Waals surface area contributed by atoms with E-state index < -0.39 is 12.0 Å². The van der Waals surface area contributed by atoms with Crippen LogP contribution in [0.1, 0.15) is 43.8 Å². The number of carboxylic acids is 1. The zero-order valence-corrected chi connectivity index (χ0v) is 10.3. The van der Waals surface area contributed by atoms with Crippen LogP contribution < -0.4 is 4.90 Å². The van der Waals surface area contributed by atoms with E-state index in [1.807, 2.05) is 4.90 Å². The molecule has 0 aromatic carbocycles. The minimum atomic E-state index is -0.743. The Bertz CT molecular complexity index is 430. The third-order valence-corrected chi connectivity index (χ3v) is 4.17. The highest BCUT2D eigenvalue weighted by Gasteiger charge is 2.33. The number of hydrogen-bond acceptors (Lipinski definition) is 5. The Kier molecular flexibility index (Phi) is 2.74. The van der Waals surface area contributed by atoms with E-state index in [0.717, 1.165) is 30.3 Å². The van der Waals surface area contributed by atoms with Gasteiger partial charge in [0.2, 0.25) is 5.13 Å². The summed E-state index contributed by atoms with van der Waals surface area (Å²) in [5.74, 6) is 0.709. The summed E-state index contributed by atoms with van der Waals surface area (Å²) in [6.45, 7) is 0.788. The van der Waals surface area contributed by atoms with Gasteiger partial charge >= 0.3 is 5.97 Å². The largest absolute Gasteiger partial charge is 0.480 e. The predicted molar refractivity (Wildman–Crippen MR) is 64.5 cm³/mol. The molecule has 3 rings (SSSR count). The molecule has 92 valence electrons. The van der Waals surface area contributed by atoms with Crippen LogP contribution in [0.3, 0.4) is 0 Å². The summed E-state index contributed by atoms with van der Waals surface area (Å²) in [4.78, 5) is 17.6. The summed E-state index contributed by atoms with van der Waals surface area (Å²) >= 11 is 1.35. The van der Waals surface area contributed by atoms with Crippen LogP contribution in [0.4, 0.5) is 5.13 Å². The van der Waals surface area contributed by atoms with Crippen LogP contribution in [0.2, 0.25) is 0 Å². The first-order valence-electron chi connectivity index (χ1n) is 6.09. The highest BCUT2D eigenvalue weighted by molar-refractivity contribution is 7.09. The number of nitrogens with zero attached hydrogens (tertiary/aromatic N) is 3. The second-order valence-corrected chi connectivity index (χ2v) is 5.48. The molecule has 5 nitrogen and oxygen atoms in total. The van der Waals surface area contributed by atoms with Crippen LogP contribution in [0, 0.1) is 0 Å². The molecule has 2 fully saturated rings. The fourth-order valence-electron chi connectivity index (χ4n) is 2.27. The molecule has 0 amide bonds. The van der Waals surface area contributed by atoms with E-state index in [0.29, 0.717) is 12.3 Å². The summed E-state index contributed by atoms with van der Waals surface area (Å²) < 4.78 is 4.34. The Labute approximate surface area is 104 Å². The Morgan fingerprint density at radius 2 is 2.18 bits per heavy atom. The molecule has 1 aliphatic heterocycles. The number of rotatable bonds is 3. The van der Waals surface area contributed by atoms with Crippen LogP contribution in [0.15, 0.2) is 0 Å². The third kappa shape index (κ3) is 2.13. The Morgan fingerprint density at radius 1 is 1.35 bits per heavy atom. The number of piperidine rings is 1. The van der Waals surface area contributed by atoms with Crippen LogP contribution in [-0.4, -0.2) is 33.0 Å². The van der Waals surface area contributed by atoms with E-state index in [4.69, 9.17) is 0 Å². The summed E-state index contributed by atoms with van der Waals surface area (Å²) in [7, 11) is 0. The SMILES string of the molecule is O=C(O)C1CCCCN1c1nc(C2CC2)ns1. The van der Waals surface area contributed by atoms with Gasteiger partial charge in [0.25, 0.3) is 0 Å². The molecule has 1 saturated carbocycles. The first kappa shape index (κ1) is 11.0. The average Bonchev–Trinajstić information content (AvgIpc) is 3.07. The van der Waals surface area contributed by atoms with E-state index in [9.17, 15) is 9.90 Å². The standard InChI is InChI=1S/C11H15N3O2S/c15-10(16)8-3-1-2-6-14(8)11-12-9(13-17-11)7-4-5-7/h7-8H,1-6H2,(H,15,16). The fourth-order valence-corrected chi connectivity index (χ4v) is 3.09. The molecule has 0 bridgehead atoms. The van der Waals surface area contributed by atoms with Crippen molar-refractivity contribution in [3.8, 4) is 0 Å². The minimum absolute atomic E-state index is 0.413. The Morgan fingerprint density at radius 3 is 2.88 bits per heavy atom. The smallest absolute Gasteiger partial charge is 0.326 e. The van der Waals surface area contributed by atoms with Crippen molar-refractivity contribution in [2.24, 2.45) is 0 Å². The lowest BCUT2D eigenvalue weighted by molar-refractivity contribution is -0.139. The van der Waals surface area contributed by atoms with E-state index in [2.05, 4.69) is 9.36 Å². The lowest BCUT2D eigenvalue weighted by atomic mass is 10.0. The number of hydrogen-bond donors (Lipinski definition) is 1. The molecule has 0 spiro atoms. The van der Waals surface area contributed by atoms with Gasteiger partial charge in [-0.05, 0) is 32.1 Å². The number of carboxylic acid groups (broad SMARTS) is 1. The van der Waals surface area contributed by atoms with Gasteiger partial charge in [0.15, 0.2) is 0 Å². The highest BCUT2D eigenvalue weighted by Crippen LogP contribution is 2.40.